The molecule has 0 saturated heterocycles. The highest BCUT2D eigenvalue weighted by Crippen LogP contribution is 2.42. The quantitative estimate of drug-likeness (QED) is 0.0481. The summed E-state index contributed by atoms with van der Waals surface area (Å²) in [5.41, 5.74) is 6.92. The fourth-order valence-electron chi connectivity index (χ4n) is 11.3. The van der Waals surface area contributed by atoms with Gasteiger partial charge in [-0.1, -0.05) is 187 Å². The number of hydrogen-bond acceptors (Lipinski definition) is 12. The van der Waals surface area contributed by atoms with E-state index in [9.17, 15) is 30.0 Å². The van der Waals surface area contributed by atoms with Gasteiger partial charge in [0, 0.05) is 69.4 Å². The summed E-state index contributed by atoms with van der Waals surface area (Å²) in [5, 5.41) is 46.3. The molecule has 5 aromatic rings. The van der Waals surface area contributed by atoms with E-state index in [1.165, 1.54) is 0 Å². The fourth-order valence-corrected chi connectivity index (χ4v) is 11.3. The lowest BCUT2D eigenvalue weighted by Crippen LogP contribution is -2.27. The Labute approximate surface area is 513 Å². The molecule has 0 spiro atoms. The number of nitrogens with zero attached hydrogens (tertiary/aromatic N) is 4. The number of hydrogen-bond donors (Lipinski definition) is 4. The van der Waals surface area contributed by atoms with E-state index in [-0.39, 0.29) is 93.2 Å². The third-order valence-corrected chi connectivity index (χ3v) is 16.6. The SMILES string of the molecule is CC(C)(C)c1cc(C=N[C@H]2CCCC[C@@H]2N=Cc2cc(OC(=O)Cc3cccc(CC(=O)Oc4cc(C=N[C@H]5CCCC[C@@H]5N=Cc5cc(C(C)(C)C)cc(C(C)(C)C)c5O)c(O)c(C(C)(C)C)c4)c3)cc(C(C)(C)C)c2O)c(O)c(C(C)(C)C)c1. The van der Waals surface area contributed by atoms with Crippen molar-refractivity contribution in [1.29, 1.82) is 0 Å². The Balaban J connectivity index is 1.05. The number of rotatable bonds is 14. The second kappa shape index (κ2) is 26.1. The molecule has 2 fully saturated rings. The third kappa shape index (κ3) is 17.1. The maximum atomic E-state index is 13.8. The molecule has 0 bridgehead atoms. The van der Waals surface area contributed by atoms with Crippen LogP contribution in [0.5, 0.6) is 34.5 Å². The molecular formula is C74H98N4O8. The molecule has 0 aromatic heterocycles. The van der Waals surface area contributed by atoms with Crippen LogP contribution >= 0.6 is 0 Å². The maximum absolute atomic E-state index is 13.8. The molecule has 5 aromatic carbocycles. The van der Waals surface area contributed by atoms with Crippen LogP contribution in [0.15, 0.2) is 92.8 Å². The van der Waals surface area contributed by atoms with Gasteiger partial charge in [0.25, 0.3) is 0 Å². The number of carbonyl (C=O) groups is 2. The second-order valence-corrected chi connectivity index (χ2v) is 30.3. The van der Waals surface area contributed by atoms with Gasteiger partial charge in [0.2, 0.25) is 0 Å². The van der Waals surface area contributed by atoms with Gasteiger partial charge < -0.3 is 29.9 Å². The first-order valence-electron chi connectivity index (χ1n) is 31.0. The van der Waals surface area contributed by atoms with Crippen molar-refractivity contribution in [3.8, 4) is 34.5 Å². The highest BCUT2D eigenvalue weighted by molar-refractivity contribution is 5.89. The zero-order valence-electron chi connectivity index (χ0n) is 54.8. The van der Waals surface area contributed by atoms with Crippen LogP contribution in [-0.4, -0.2) is 81.4 Å². The number of phenolic OH excluding ortho intramolecular Hbond substituents is 4. The smallest absolute Gasteiger partial charge is 0.315 e. The van der Waals surface area contributed by atoms with Gasteiger partial charge in [-0.25, -0.2) is 0 Å². The number of esters is 2. The van der Waals surface area contributed by atoms with Crippen LogP contribution in [0.1, 0.15) is 243 Å². The van der Waals surface area contributed by atoms with Crippen LogP contribution in [0, 0.1) is 0 Å². The Bertz CT molecular complexity index is 3180. The predicted octanol–water partition coefficient (Wildman–Crippen LogP) is 16.3. The summed E-state index contributed by atoms with van der Waals surface area (Å²) >= 11 is 0. The van der Waals surface area contributed by atoms with E-state index < -0.39 is 22.8 Å². The van der Waals surface area contributed by atoms with Crippen molar-refractivity contribution in [1.82, 2.24) is 0 Å². The molecule has 4 N–H and O–H groups in total. The normalized spacial score (nSPS) is 18.6. The fraction of sp³-hybridized carbons (Fsp3) is 0.514. The number of aromatic hydroxyl groups is 4. The topological polar surface area (TPSA) is 183 Å². The zero-order chi connectivity index (χ0) is 63.5. The summed E-state index contributed by atoms with van der Waals surface area (Å²) in [7, 11) is 0. The lowest BCUT2D eigenvalue weighted by molar-refractivity contribution is -0.134. The van der Waals surface area contributed by atoms with E-state index in [0.29, 0.717) is 44.5 Å². The van der Waals surface area contributed by atoms with Crippen molar-refractivity contribution in [3.63, 3.8) is 0 Å². The Morgan fingerprint density at radius 3 is 0.930 bits per heavy atom. The maximum Gasteiger partial charge on any atom is 0.315 e. The Kier molecular flexibility index (Phi) is 20.2. The molecule has 2 saturated carbocycles. The van der Waals surface area contributed by atoms with Gasteiger partial charge in [-0.15, -0.1) is 0 Å². The Hall–Kier alpha value is -7.08. The number of carbonyl (C=O) groups excluding carboxylic acids is 2. The summed E-state index contributed by atoms with van der Waals surface area (Å²) in [6.07, 6.45) is 14.0. The summed E-state index contributed by atoms with van der Waals surface area (Å²) in [4.78, 5) is 47.7. The molecule has 0 amide bonds. The molecule has 4 atom stereocenters. The van der Waals surface area contributed by atoms with Gasteiger partial charge in [-0.2, -0.15) is 0 Å². The molecule has 0 heterocycles. The highest BCUT2D eigenvalue weighted by atomic mass is 16.5. The average Bonchev–Trinajstić information content (AvgIpc) is 2.57. The number of aliphatic imine (C=N–C) groups is 4. The van der Waals surface area contributed by atoms with E-state index in [1.54, 1.807) is 73.4 Å². The third-order valence-electron chi connectivity index (χ3n) is 16.6. The zero-order valence-corrected chi connectivity index (χ0v) is 54.8. The first-order chi connectivity index (χ1) is 39.9. The summed E-state index contributed by atoms with van der Waals surface area (Å²) in [6, 6.07) is 21.5. The van der Waals surface area contributed by atoms with Gasteiger partial charge in [0.1, 0.15) is 34.5 Å². The predicted molar refractivity (Wildman–Crippen MR) is 352 cm³/mol. The molecule has 462 valence electrons. The van der Waals surface area contributed by atoms with Gasteiger partial charge in [0.05, 0.1) is 37.0 Å². The van der Waals surface area contributed by atoms with E-state index >= 15 is 0 Å². The summed E-state index contributed by atoms with van der Waals surface area (Å²) in [5.74, 6) is 0.112. The largest absolute Gasteiger partial charge is 0.507 e. The van der Waals surface area contributed by atoms with Crippen LogP contribution in [0.25, 0.3) is 0 Å². The van der Waals surface area contributed by atoms with Crippen LogP contribution in [-0.2, 0) is 54.9 Å². The van der Waals surface area contributed by atoms with Gasteiger partial charge >= 0.3 is 11.9 Å². The minimum Gasteiger partial charge on any atom is -0.507 e. The standard InChI is InChI=1S/C74H98N4O8/c1-69(2,3)51-33-47(65(81)55(37-51)71(7,8)9)41-75-59-26-19-21-28-61(59)77-43-49-35-53(39-57(67(49)83)73(13,14)15)85-63(79)31-45-24-23-25-46(30-45)32-64(80)86-54-36-50(68(84)58(40-54)74(16,17)18)44-78-62-29-22-20-27-60(62)76-42-48-34-52(70(4,5)6)38-56(66(48)82)72(10,11)12/h23-25,30,33-44,59-62,81-84H,19-22,26-29,31-32H2,1-18H3/t59-,60-,61-,62-/m0/s1. The minimum atomic E-state index is -0.521. The van der Waals surface area contributed by atoms with Gasteiger partial charge in [0.15, 0.2) is 0 Å². The Morgan fingerprint density at radius 2 is 0.663 bits per heavy atom. The van der Waals surface area contributed by atoms with Crippen molar-refractivity contribution < 1.29 is 39.5 Å². The monoisotopic (exact) mass is 1170 g/mol. The molecule has 0 radical (unpaired) electrons. The minimum absolute atomic E-state index is 0.0621. The number of ether oxygens (including phenoxy) is 2. The molecule has 86 heavy (non-hydrogen) atoms. The van der Waals surface area contributed by atoms with Crippen molar-refractivity contribution >= 4 is 36.8 Å². The van der Waals surface area contributed by atoms with E-state index in [0.717, 1.165) is 73.6 Å². The van der Waals surface area contributed by atoms with E-state index in [1.807, 2.05) is 53.7 Å². The molecule has 12 nitrogen and oxygen atoms in total. The molecule has 2 aliphatic carbocycles. The summed E-state index contributed by atoms with van der Waals surface area (Å²) in [6.45, 7) is 37.5. The van der Waals surface area contributed by atoms with Crippen molar-refractivity contribution in [2.45, 2.75) is 245 Å². The van der Waals surface area contributed by atoms with E-state index in [4.69, 9.17) is 29.4 Å². The first kappa shape index (κ1) is 66.4. The molecule has 0 aliphatic heterocycles. The lowest BCUT2D eigenvalue weighted by Gasteiger charge is -2.28. The van der Waals surface area contributed by atoms with Gasteiger partial charge in [-0.05, 0) is 117 Å². The molecule has 12 heteroatoms. The number of phenols is 4. The summed E-state index contributed by atoms with van der Waals surface area (Å²) < 4.78 is 12.0. The molecule has 2 aliphatic rings. The van der Waals surface area contributed by atoms with Crippen LogP contribution in [0.4, 0.5) is 0 Å². The molecule has 0 unspecified atom stereocenters. The van der Waals surface area contributed by atoms with Crippen LogP contribution in [0.3, 0.4) is 0 Å². The second-order valence-electron chi connectivity index (χ2n) is 30.3. The highest BCUT2D eigenvalue weighted by Gasteiger charge is 2.31. The first-order valence-corrected chi connectivity index (χ1v) is 31.0. The van der Waals surface area contributed by atoms with Crippen molar-refractivity contribution in [2.75, 3.05) is 0 Å². The average molecular weight is 1170 g/mol. The van der Waals surface area contributed by atoms with Crippen molar-refractivity contribution in [3.05, 3.63) is 140 Å². The lowest BCUT2D eigenvalue weighted by atomic mass is 9.79. The van der Waals surface area contributed by atoms with Crippen LogP contribution < -0.4 is 9.47 Å². The molecular weight excluding hydrogens is 1070 g/mol. The Morgan fingerprint density at radius 1 is 0.395 bits per heavy atom. The molecule has 7 rings (SSSR count). The van der Waals surface area contributed by atoms with Gasteiger partial charge in [-0.3, -0.25) is 29.6 Å². The van der Waals surface area contributed by atoms with E-state index in [2.05, 4.69) is 95.2 Å². The van der Waals surface area contributed by atoms with Crippen LogP contribution in [0.2, 0.25) is 0 Å². The van der Waals surface area contributed by atoms with Crippen molar-refractivity contribution in [2.24, 2.45) is 20.0 Å². The number of benzene rings is 5.